The molecule has 2 aromatic carbocycles. The lowest BCUT2D eigenvalue weighted by molar-refractivity contribution is 0.317. The third-order valence-corrected chi connectivity index (χ3v) is 4.42. The Morgan fingerprint density at radius 3 is 2.16 bits per heavy atom. The molecular formula is C18H22N2O4S. The van der Waals surface area contributed by atoms with Crippen LogP contribution in [0.25, 0.3) is 0 Å². The van der Waals surface area contributed by atoms with Crippen molar-refractivity contribution in [3.05, 3.63) is 54.1 Å². The van der Waals surface area contributed by atoms with Crippen molar-refractivity contribution >= 4 is 16.2 Å². The first-order chi connectivity index (χ1) is 12.0. The normalized spacial score (nSPS) is 11.4. The second-order valence-electron chi connectivity index (χ2n) is 5.17. The molecule has 0 aromatic heterocycles. The van der Waals surface area contributed by atoms with E-state index in [4.69, 9.17) is 9.47 Å². The van der Waals surface area contributed by atoms with Crippen LogP contribution in [0.15, 0.2) is 58.5 Å². The molecule has 0 spiro atoms. The van der Waals surface area contributed by atoms with Gasteiger partial charge >= 0.3 is 0 Å². The first-order valence-electron chi connectivity index (χ1n) is 8.05. The van der Waals surface area contributed by atoms with Crippen LogP contribution in [0, 0.1) is 0 Å². The van der Waals surface area contributed by atoms with Crippen molar-refractivity contribution in [2.45, 2.75) is 25.2 Å². The summed E-state index contributed by atoms with van der Waals surface area (Å²) in [5.41, 5.74) is 0.762. The number of ether oxygens (including phenoxy) is 2. The Morgan fingerprint density at radius 1 is 0.960 bits per heavy atom. The van der Waals surface area contributed by atoms with Gasteiger partial charge in [0, 0.05) is 0 Å². The Hall–Kier alpha value is -2.54. The Morgan fingerprint density at radius 2 is 1.56 bits per heavy atom. The molecule has 0 bridgehead atoms. The molecule has 6 nitrogen and oxygen atoms in total. The summed E-state index contributed by atoms with van der Waals surface area (Å²) in [5.74, 6) is 1.39. The lowest BCUT2D eigenvalue weighted by atomic mass is 10.2. The largest absolute Gasteiger partial charge is 0.494 e. The molecule has 0 fully saturated rings. The highest BCUT2D eigenvalue weighted by Gasteiger charge is 2.12. The molecule has 0 saturated carbocycles. The number of benzene rings is 2. The molecule has 0 radical (unpaired) electrons. The molecule has 0 unspecified atom stereocenters. The van der Waals surface area contributed by atoms with Crippen molar-refractivity contribution in [2.75, 3.05) is 13.2 Å². The summed E-state index contributed by atoms with van der Waals surface area (Å²) < 4.78 is 35.1. The highest BCUT2D eigenvalue weighted by atomic mass is 32.2. The monoisotopic (exact) mass is 362 g/mol. The SMILES string of the molecule is CCCOc1ccc(/C=N/NS(=O)(=O)c2ccc(OCC)cc2)cc1. The average Bonchev–Trinajstić information content (AvgIpc) is 2.62. The molecule has 0 aliphatic rings. The van der Waals surface area contributed by atoms with Gasteiger partial charge in [-0.1, -0.05) is 6.92 Å². The average molecular weight is 362 g/mol. The van der Waals surface area contributed by atoms with Crippen LogP contribution in [-0.2, 0) is 10.0 Å². The smallest absolute Gasteiger partial charge is 0.276 e. The third-order valence-electron chi connectivity index (χ3n) is 3.18. The second kappa shape index (κ2) is 9.08. The first-order valence-corrected chi connectivity index (χ1v) is 9.54. The zero-order chi connectivity index (χ0) is 18.1. The zero-order valence-corrected chi connectivity index (χ0v) is 15.1. The minimum Gasteiger partial charge on any atom is -0.494 e. The summed E-state index contributed by atoms with van der Waals surface area (Å²) in [6.07, 6.45) is 2.38. The standard InChI is InChI=1S/C18H22N2O4S/c1-3-13-24-17-7-5-15(6-8-17)14-19-20-25(21,22)18-11-9-16(10-12-18)23-4-2/h5-12,14,20H,3-4,13H2,1-2H3/b19-14+. The van der Waals surface area contributed by atoms with Crippen LogP contribution in [0.4, 0.5) is 0 Å². The maximum atomic E-state index is 12.2. The van der Waals surface area contributed by atoms with Gasteiger partial charge in [0.25, 0.3) is 10.0 Å². The minimum absolute atomic E-state index is 0.122. The van der Waals surface area contributed by atoms with Crippen molar-refractivity contribution in [1.82, 2.24) is 4.83 Å². The third kappa shape index (κ3) is 5.79. The number of nitrogens with one attached hydrogen (secondary N) is 1. The number of nitrogens with zero attached hydrogens (tertiary/aromatic N) is 1. The Balaban J connectivity index is 1.97. The molecule has 0 atom stereocenters. The topological polar surface area (TPSA) is 77.0 Å². The number of hydrogen-bond acceptors (Lipinski definition) is 5. The summed E-state index contributed by atoms with van der Waals surface area (Å²) in [5, 5.41) is 3.81. The summed E-state index contributed by atoms with van der Waals surface area (Å²) >= 11 is 0. The van der Waals surface area contributed by atoms with Gasteiger partial charge in [0.05, 0.1) is 24.3 Å². The van der Waals surface area contributed by atoms with Crippen LogP contribution >= 0.6 is 0 Å². The lowest BCUT2D eigenvalue weighted by Crippen LogP contribution is -2.18. The maximum absolute atomic E-state index is 12.2. The van der Waals surface area contributed by atoms with Gasteiger partial charge in [-0.25, -0.2) is 4.83 Å². The van der Waals surface area contributed by atoms with Gasteiger partial charge in [0.2, 0.25) is 0 Å². The Labute approximate surface area is 148 Å². The van der Waals surface area contributed by atoms with E-state index in [1.54, 1.807) is 24.3 Å². The van der Waals surface area contributed by atoms with Gasteiger partial charge in [0.1, 0.15) is 11.5 Å². The van der Waals surface area contributed by atoms with Crippen LogP contribution in [0.3, 0.4) is 0 Å². The summed E-state index contributed by atoms with van der Waals surface area (Å²) in [4.78, 5) is 2.32. The number of hydrogen-bond donors (Lipinski definition) is 1. The van der Waals surface area contributed by atoms with Gasteiger partial charge in [-0.15, -0.1) is 0 Å². The van der Waals surface area contributed by atoms with E-state index < -0.39 is 10.0 Å². The van der Waals surface area contributed by atoms with Crippen LogP contribution in [-0.4, -0.2) is 27.8 Å². The molecule has 25 heavy (non-hydrogen) atoms. The predicted octanol–water partition coefficient (Wildman–Crippen LogP) is 3.19. The molecule has 0 aliphatic carbocycles. The van der Waals surface area contributed by atoms with E-state index in [9.17, 15) is 8.42 Å². The van der Waals surface area contributed by atoms with E-state index in [1.165, 1.54) is 18.3 Å². The van der Waals surface area contributed by atoms with Crippen molar-refractivity contribution < 1.29 is 17.9 Å². The maximum Gasteiger partial charge on any atom is 0.276 e. The molecule has 2 aromatic rings. The number of rotatable bonds is 9. The molecule has 2 rings (SSSR count). The van der Waals surface area contributed by atoms with E-state index in [0.29, 0.717) is 19.0 Å². The molecular weight excluding hydrogens is 340 g/mol. The van der Waals surface area contributed by atoms with Gasteiger partial charge < -0.3 is 9.47 Å². The molecule has 7 heteroatoms. The fraction of sp³-hybridized carbons (Fsp3) is 0.278. The summed E-state index contributed by atoms with van der Waals surface area (Å²) in [6, 6.07) is 13.4. The second-order valence-corrected chi connectivity index (χ2v) is 6.84. The van der Waals surface area contributed by atoms with Gasteiger partial charge in [0.15, 0.2) is 0 Å². The molecule has 1 N–H and O–H groups in total. The molecule has 0 saturated heterocycles. The van der Waals surface area contributed by atoms with Crippen LogP contribution < -0.4 is 14.3 Å². The van der Waals surface area contributed by atoms with E-state index in [2.05, 4.69) is 9.93 Å². The fourth-order valence-electron chi connectivity index (χ4n) is 1.97. The highest BCUT2D eigenvalue weighted by Crippen LogP contribution is 2.16. The van der Waals surface area contributed by atoms with Crippen LogP contribution in [0.1, 0.15) is 25.8 Å². The fourth-order valence-corrected chi connectivity index (χ4v) is 2.77. The zero-order valence-electron chi connectivity index (χ0n) is 14.3. The quantitative estimate of drug-likeness (QED) is 0.549. The van der Waals surface area contributed by atoms with Crippen molar-refractivity contribution in [1.29, 1.82) is 0 Å². The number of hydrazone groups is 1. The molecule has 134 valence electrons. The first kappa shape index (κ1) is 18.8. The summed E-state index contributed by atoms with van der Waals surface area (Å²) in [6.45, 7) is 5.09. The molecule has 0 amide bonds. The van der Waals surface area contributed by atoms with Crippen LogP contribution in [0.5, 0.6) is 11.5 Å². The molecule has 0 heterocycles. The summed E-state index contributed by atoms with van der Waals surface area (Å²) in [7, 11) is -3.71. The van der Waals surface area contributed by atoms with E-state index in [-0.39, 0.29) is 4.90 Å². The van der Waals surface area contributed by atoms with Crippen molar-refractivity contribution in [2.24, 2.45) is 5.10 Å². The Kier molecular flexibility index (Phi) is 6.82. The van der Waals surface area contributed by atoms with Crippen molar-refractivity contribution in [3.63, 3.8) is 0 Å². The predicted molar refractivity (Wildman–Crippen MR) is 97.8 cm³/mol. The minimum atomic E-state index is -3.71. The number of sulfonamides is 1. The lowest BCUT2D eigenvalue weighted by Gasteiger charge is -2.06. The van der Waals surface area contributed by atoms with E-state index in [1.807, 2.05) is 26.0 Å². The van der Waals surface area contributed by atoms with Gasteiger partial charge in [-0.3, -0.25) is 0 Å². The van der Waals surface area contributed by atoms with E-state index in [0.717, 1.165) is 17.7 Å². The van der Waals surface area contributed by atoms with E-state index >= 15 is 0 Å². The highest BCUT2D eigenvalue weighted by molar-refractivity contribution is 7.89. The molecule has 0 aliphatic heterocycles. The Bertz CT molecular complexity index is 785. The van der Waals surface area contributed by atoms with Crippen molar-refractivity contribution in [3.8, 4) is 11.5 Å². The van der Waals surface area contributed by atoms with Gasteiger partial charge in [-0.05, 0) is 67.4 Å². The van der Waals surface area contributed by atoms with Gasteiger partial charge in [-0.2, -0.15) is 13.5 Å². The van der Waals surface area contributed by atoms with Crippen LogP contribution in [0.2, 0.25) is 0 Å².